The quantitative estimate of drug-likeness (QED) is 0.909. The number of hydrogen-bond acceptors (Lipinski definition) is 5. The predicted molar refractivity (Wildman–Crippen MR) is 91.1 cm³/mol. The van der Waals surface area contributed by atoms with E-state index in [9.17, 15) is 0 Å². The number of rotatable bonds is 3. The molecule has 2 atom stereocenters. The Labute approximate surface area is 135 Å². The maximum absolute atomic E-state index is 6.20. The minimum absolute atomic E-state index is 0.138. The molecule has 1 fully saturated rings. The number of aromatic amines is 1. The highest BCUT2D eigenvalue weighted by atomic mass is 16.5. The first-order valence-electron chi connectivity index (χ1n) is 8.06. The molecule has 0 saturated carbocycles. The summed E-state index contributed by atoms with van der Waals surface area (Å²) in [5.41, 5.74) is 2.85. The monoisotopic (exact) mass is 311 g/mol. The van der Waals surface area contributed by atoms with Crippen molar-refractivity contribution >= 4 is 23.1 Å². The van der Waals surface area contributed by atoms with Gasteiger partial charge in [-0.25, -0.2) is 9.98 Å². The lowest BCUT2D eigenvalue weighted by atomic mass is 10.1. The smallest absolute Gasteiger partial charge is 0.150 e. The molecule has 6 heteroatoms. The van der Waals surface area contributed by atoms with Gasteiger partial charge in [-0.05, 0) is 44.6 Å². The predicted octanol–water partition coefficient (Wildman–Crippen LogP) is 1.97. The zero-order valence-corrected chi connectivity index (χ0v) is 13.2. The molecular formula is C17H21N5O. The molecular weight excluding hydrogens is 290 g/mol. The molecule has 0 bridgehead atoms. The lowest BCUT2D eigenvalue weighted by molar-refractivity contribution is -0.0290. The highest BCUT2D eigenvalue weighted by Crippen LogP contribution is 2.26. The number of hydrogen-bond donors (Lipinski definition) is 2. The molecule has 23 heavy (non-hydrogen) atoms. The number of aliphatic imine (C=N–C) groups is 1. The number of nitrogens with zero attached hydrogens (tertiary/aromatic N) is 3. The van der Waals surface area contributed by atoms with Crippen LogP contribution in [0.25, 0.3) is 16.7 Å². The Morgan fingerprint density at radius 2 is 2.35 bits per heavy atom. The van der Waals surface area contributed by atoms with Crippen molar-refractivity contribution in [2.45, 2.75) is 25.2 Å². The van der Waals surface area contributed by atoms with E-state index in [0.29, 0.717) is 0 Å². The first kappa shape index (κ1) is 14.4. The van der Waals surface area contributed by atoms with Gasteiger partial charge in [0.05, 0.1) is 18.1 Å². The van der Waals surface area contributed by atoms with Crippen LogP contribution in [-0.4, -0.2) is 53.7 Å². The lowest BCUT2D eigenvalue weighted by Gasteiger charge is -2.32. The van der Waals surface area contributed by atoms with Crippen molar-refractivity contribution in [1.29, 1.82) is 0 Å². The molecule has 2 N–H and O–H groups in total. The third-order valence-corrected chi connectivity index (χ3v) is 4.40. The number of likely N-dealkylation sites (tertiary alicyclic amines) is 1. The molecule has 2 aromatic rings. The van der Waals surface area contributed by atoms with Crippen LogP contribution in [0, 0.1) is 0 Å². The van der Waals surface area contributed by atoms with Gasteiger partial charge in [0.2, 0.25) is 0 Å². The highest BCUT2D eigenvalue weighted by Gasteiger charge is 2.22. The zero-order valence-electron chi connectivity index (χ0n) is 13.2. The van der Waals surface area contributed by atoms with E-state index in [-0.39, 0.29) is 12.3 Å². The summed E-state index contributed by atoms with van der Waals surface area (Å²) in [6, 6.07) is 4.00. The van der Waals surface area contributed by atoms with Gasteiger partial charge in [0, 0.05) is 29.9 Å². The van der Waals surface area contributed by atoms with Gasteiger partial charge in [0.15, 0.2) is 6.23 Å². The van der Waals surface area contributed by atoms with E-state index in [1.807, 2.05) is 18.3 Å². The molecule has 120 valence electrons. The summed E-state index contributed by atoms with van der Waals surface area (Å²) < 4.78 is 6.20. The normalized spacial score (nSPS) is 25.3. The van der Waals surface area contributed by atoms with Crippen LogP contribution in [0.2, 0.25) is 0 Å². The largest absolute Gasteiger partial charge is 0.350 e. The van der Waals surface area contributed by atoms with E-state index < -0.39 is 0 Å². The summed E-state index contributed by atoms with van der Waals surface area (Å²) >= 11 is 0. The Kier molecular flexibility index (Phi) is 3.85. The van der Waals surface area contributed by atoms with Crippen molar-refractivity contribution in [3.05, 3.63) is 36.2 Å². The number of nitrogens with one attached hydrogen (secondary N) is 2. The second-order valence-corrected chi connectivity index (χ2v) is 6.16. The molecule has 0 spiro atoms. The Hall–Kier alpha value is -2.18. The SMILES string of the molecule is CN1CCCC(OC2C=C(c3c[nH]c4ncccc34)N=CN2)C1. The maximum atomic E-state index is 6.20. The molecule has 0 aliphatic carbocycles. The summed E-state index contributed by atoms with van der Waals surface area (Å²) in [5.74, 6) is 0. The van der Waals surface area contributed by atoms with E-state index in [1.54, 1.807) is 12.5 Å². The Balaban J connectivity index is 1.54. The molecule has 2 aliphatic rings. The molecule has 0 radical (unpaired) electrons. The van der Waals surface area contributed by atoms with Crippen LogP contribution in [0.4, 0.5) is 0 Å². The van der Waals surface area contributed by atoms with Crippen LogP contribution in [0.5, 0.6) is 0 Å². The summed E-state index contributed by atoms with van der Waals surface area (Å²) in [4.78, 5) is 14.3. The number of likely N-dealkylation sites (N-methyl/N-ethyl adjacent to an activating group) is 1. The van der Waals surface area contributed by atoms with Crippen LogP contribution in [-0.2, 0) is 4.74 Å². The van der Waals surface area contributed by atoms with Crippen LogP contribution in [0.3, 0.4) is 0 Å². The number of ether oxygens (including phenoxy) is 1. The third-order valence-electron chi connectivity index (χ3n) is 4.40. The number of H-pyrrole nitrogens is 1. The third kappa shape index (κ3) is 3.00. The summed E-state index contributed by atoms with van der Waals surface area (Å²) in [7, 11) is 2.14. The fourth-order valence-electron chi connectivity index (χ4n) is 3.26. The van der Waals surface area contributed by atoms with Crippen molar-refractivity contribution in [2.24, 2.45) is 4.99 Å². The molecule has 4 heterocycles. The zero-order chi connectivity index (χ0) is 15.6. The van der Waals surface area contributed by atoms with Crippen molar-refractivity contribution < 1.29 is 4.74 Å². The van der Waals surface area contributed by atoms with Crippen LogP contribution >= 0.6 is 0 Å². The number of pyridine rings is 1. The lowest BCUT2D eigenvalue weighted by Crippen LogP contribution is -2.42. The van der Waals surface area contributed by atoms with Crippen LogP contribution in [0.15, 0.2) is 35.6 Å². The van der Waals surface area contributed by atoms with E-state index in [2.05, 4.69) is 38.3 Å². The average molecular weight is 311 g/mol. The molecule has 4 rings (SSSR count). The second kappa shape index (κ2) is 6.14. The first-order chi connectivity index (χ1) is 11.3. The van der Waals surface area contributed by atoms with Gasteiger partial charge in [-0.15, -0.1) is 0 Å². The van der Waals surface area contributed by atoms with Crippen LogP contribution in [0.1, 0.15) is 18.4 Å². The number of aromatic nitrogens is 2. The molecule has 1 saturated heterocycles. The van der Waals surface area contributed by atoms with Gasteiger partial charge in [0.25, 0.3) is 0 Å². The number of piperidine rings is 1. The van der Waals surface area contributed by atoms with Gasteiger partial charge in [-0.1, -0.05) is 0 Å². The van der Waals surface area contributed by atoms with E-state index in [4.69, 9.17) is 4.74 Å². The summed E-state index contributed by atoms with van der Waals surface area (Å²) in [6.07, 6.45) is 9.94. The summed E-state index contributed by atoms with van der Waals surface area (Å²) in [6.45, 7) is 2.14. The first-order valence-corrected chi connectivity index (χ1v) is 8.06. The molecule has 2 aromatic heterocycles. The Morgan fingerprint density at radius 1 is 1.39 bits per heavy atom. The van der Waals surface area contributed by atoms with E-state index >= 15 is 0 Å². The van der Waals surface area contributed by atoms with Gasteiger partial charge in [-0.2, -0.15) is 0 Å². The summed E-state index contributed by atoms with van der Waals surface area (Å²) in [5, 5.41) is 4.26. The van der Waals surface area contributed by atoms with Crippen molar-refractivity contribution in [3.63, 3.8) is 0 Å². The van der Waals surface area contributed by atoms with Crippen molar-refractivity contribution in [1.82, 2.24) is 20.2 Å². The highest BCUT2D eigenvalue weighted by molar-refractivity contribution is 5.92. The van der Waals surface area contributed by atoms with Gasteiger partial charge in [0.1, 0.15) is 5.65 Å². The van der Waals surface area contributed by atoms with Gasteiger partial charge < -0.3 is 19.9 Å². The topological polar surface area (TPSA) is 65.5 Å². The minimum atomic E-state index is -0.138. The van der Waals surface area contributed by atoms with Gasteiger partial charge >= 0.3 is 0 Å². The average Bonchev–Trinajstić information content (AvgIpc) is 2.99. The molecule has 2 aliphatic heterocycles. The second-order valence-electron chi connectivity index (χ2n) is 6.16. The fraction of sp³-hybridized carbons (Fsp3) is 0.412. The van der Waals surface area contributed by atoms with Gasteiger partial charge in [-0.3, -0.25) is 0 Å². The maximum Gasteiger partial charge on any atom is 0.150 e. The van der Waals surface area contributed by atoms with E-state index in [0.717, 1.165) is 41.8 Å². The molecule has 6 nitrogen and oxygen atoms in total. The Bertz CT molecular complexity index is 750. The molecule has 2 unspecified atom stereocenters. The fourth-order valence-corrected chi connectivity index (χ4v) is 3.26. The molecule has 0 aromatic carbocycles. The number of fused-ring (bicyclic) bond motifs is 1. The van der Waals surface area contributed by atoms with Crippen molar-refractivity contribution in [2.75, 3.05) is 20.1 Å². The minimum Gasteiger partial charge on any atom is -0.350 e. The van der Waals surface area contributed by atoms with Crippen LogP contribution < -0.4 is 5.32 Å². The standard InChI is InChI=1S/C17H21N5O/c1-22-7-3-4-12(10-22)23-16-8-15(20-11-21-16)14-9-19-17-13(14)5-2-6-18-17/h2,5-6,8-9,11-12,16H,3-4,7,10H2,1H3,(H,18,19)(H,20,21). The Morgan fingerprint density at radius 3 is 3.26 bits per heavy atom. The van der Waals surface area contributed by atoms with E-state index in [1.165, 1.54) is 6.42 Å². The molecule has 0 amide bonds. The van der Waals surface area contributed by atoms with Crippen molar-refractivity contribution in [3.8, 4) is 0 Å².